The molecule has 0 aliphatic carbocycles. The maximum atomic E-state index is 10.7. The van der Waals surface area contributed by atoms with Gasteiger partial charge < -0.3 is 15.2 Å². The van der Waals surface area contributed by atoms with Crippen LogP contribution in [0.25, 0.3) is 33.4 Å². The number of hydrogen-bond donors (Lipinski definition) is 2. The van der Waals surface area contributed by atoms with Crippen LogP contribution in [0.5, 0.6) is 5.75 Å². The summed E-state index contributed by atoms with van der Waals surface area (Å²) in [4.78, 5) is 0. The zero-order chi connectivity index (χ0) is 20.9. The lowest BCUT2D eigenvalue weighted by molar-refractivity contribution is 0.00905. The van der Waals surface area contributed by atoms with E-state index in [2.05, 4.69) is 25.7 Å². The van der Waals surface area contributed by atoms with Gasteiger partial charge in [-0.2, -0.15) is 10.2 Å². The predicted octanol–water partition coefficient (Wildman–Crippen LogP) is 2.29. The average Bonchev–Trinajstić information content (AvgIpc) is 3.39. The number of benzene rings is 1. The quantitative estimate of drug-likeness (QED) is 0.527. The van der Waals surface area contributed by atoms with Crippen LogP contribution < -0.4 is 5.32 Å². The van der Waals surface area contributed by atoms with E-state index in [1.54, 1.807) is 16.9 Å². The summed E-state index contributed by atoms with van der Waals surface area (Å²) in [5, 5.41) is 32.9. The average molecular weight is 417 g/mol. The highest BCUT2D eigenvalue weighted by molar-refractivity contribution is 5.81. The fourth-order valence-electron chi connectivity index (χ4n) is 4.76. The Kier molecular flexibility index (Phi) is 4.25. The zero-order valence-corrected chi connectivity index (χ0v) is 17.1. The molecule has 3 aromatic heterocycles. The van der Waals surface area contributed by atoms with Crippen molar-refractivity contribution in [2.24, 2.45) is 7.05 Å². The van der Waals surface area contributed by atoms with Crippen molar-refractivity contribution in [1.29, 1.82) is 0 Å². The summed E-state index contributed by atoms with van der Waals surface area (Å²) in [7, 11) is 1.87. The van der Waals surface area contributed by atoms with Gasteiger partial charge in [0.15, 0.2) is 5.65 Å². The van der Waals surface area contributed by atoms with E-state index < -0.39 is 0 Å². The van der Waals surface area contributed by atoms with E-state index in [0.717, 1.165) is 48.2 Å². The first kappa shape index (κ1) is 18.5. The number of phenols is 1. The largest absolute Gasteiger partial charge is 0.507 e. The van der Waals surface area contributed by atoms with Crippen LogP contribution in [0.2, 0.25) is 0 Å². The molecule has 0 saturated carbocycles. The van der Waals surface area contributed by atoms with Crippen molar-refractivity contribution < 1.29 is 9.84 Å². The molecule has 1 unspecified atom stereocenters. The second-order valence-electron chi connectivity index (χ2n) is 8.46. The number of phenolic OH excluding ortho intramolecular Hbond substituents is 1. The molecule has 1 aromatic carbocycles. The van der Waals surface area contributed by atoms with Gasteiger partial charge in [0.1, 0.15) is 5.75 Å². The van der Waals surface area contributed by atoms with Crippen molar-refractivity contribution in [3.8, 4) is 28.1 Å². The smallest absolute Gasteiger partial charge is 0.180 e. The third-order valence-corrected chi connectivity index (χ3v) is 6.22. The number of fused-ring (bicyclic) bond motifs is 3. The van der Waals surface area contributed by atoms with Gasteiger partial charge in [-0.3, -0.25) is 4.68 Å². The van der Waals surface area contributed by atoms with Crippen molar-refractivity contribution in [3.05, 3.63) is 42.9 Å². The first-order valence-corrected chi connectivity index (χ1v) is 10.5. The summed E-state index contributed by atoms with van der Waals surface area (Å²) in [5.41, 5.74) is 3.89. The van der Waals surface area contributed by atoms with Crippen LogP contribution in [-0.4, -0.2) is 60.2 Å². The highest BCUT2D eigenvalue weighted by Gasteiger charge is 2.33. The molecular formula is C22H23N7O2. The van der Waals surface area contributed by atoms with E-state index >= 15 is 0 Å². The molecule has 5 heterocycles. The standard InChI is InChI=1S/C22H23N7O2/c1-28-10-15(9-23-28)13-2-3-19(21(30)5-13)20-4-14-8-24-29(22(14)27-26-20)18-6-16-11-31-12-17(7-18)25-16/h2-5,8-10,16-18,25,30H,6-7,11-12H2,1H3/t16-,17+,18?. The number of aromatic nitrogens is 6. The first-order valence-electron chi connectivity index (χ1n) is 10.5. The zero-order valence-electron chi connectivity index (χ0n) is 17.1. The number of piperidine rings is 1. The van der Waals surface area contributed by atoms with Crippen molar-refractivity contribution in [3.63, 3.8) is 0 Å². The molecule has 2 saturated heterocycles. The maximum absolute atomic E-state index is 10.7. The van der Waals surface area contributed by atoms with Gasteiger partial charge in [-0.15, -0.1) is 10.2 Å². The molecule has 0 amide bonds. The monoisotopic (exact) mass is 417 g/mol. The van der Waals surface area contributed by atoms with E-state index in [4.69, 9.17) is 4.74 Å². The molecule has 2 bridgehead atoms. The lowest BCUT2D eigenvalue weighted by atomic mass is 9.93. The third-order valence-electron chi connectivity index (χ3n) is 6.22. The Labute approximate surface area is 178 Å². The molecule has 3 atom stereocenters. The number of hydrogen-bond acceptors (Lipinski definition) is 7. The topological polar surface area (TPSA) is 103 Å². The highest BCUT2D eigenvalue weighted by atomic mass is 16.5. The third kappa shape index (κ3) is 3.26. The van der Waals surface area contributed by atoms with E-state index in [-0.39, 0.29) is 11.8 Å². The number of morpholine rings is 1. The van der Waals surface area contributed by atoms with Crippen LogP contribution in [0.1, 0.15) is 18.9 Å². The van der Waals surface area contributed by atoms with E-state index in [1.807, 2.05) is 42.3 Å². The molecule has 9 nitrogen and oxygen atoms in total. The Balaban J connectivity index is 1.31. The lowest BCUT2D eigenvalue weighted by Gasteiger charge is -2.40. The maximum Gasteiger partial charge on any atom is 0.180 e. The van der Waals surface area contributed by atoms with E-state index in [0.29, 0.717) is 23.3 Å². The second kappa shape index (κ2) is 7.14. The lowest BCUT2D eigenvalue weighted by Crippen LogP contribution is -2.54. The Morgan fingerprint density at radius 2 is 1.87 bits per heavy atom. The molecule has 4 aromatic rings. The van der Waals surface area contributed by atoms with E-state index in [1.165, 1.54) is 0 Å². The minimum absolute atomic E-state index is 0.161. The Hall–Kier alpha value is -3.30. The van der Waals surface area contributed by atoms with Crippen LogP contribution in [0.3, 0.4) is 0 Å². The molecular weight excluding hydrogens is 394 g/mol. The molecule has 2 aliphatic heterocycles. The van der Waals surface area contributed by atoms with Crippen LogP contribution >= 0.6 is 0 Å². The number of nitrogens with zero attached hydrogens (tertiary/aromatic N) is 6. The Morgan fingerprint density at radius 3 is 2.61 bits per heavy atom. The second-order valence-corrected chi connectivity index (χ2v) is 8.46. The van der Waals surface area contributed by atoms with Crippen molar-refractivity contribution >= 4 is 11.0 Å². The molecule has 0 radical (unpaired) electrons. The fourth-order valence-corrected chi connectivity index (χ4v) is 4.76. The minimum atomic E-state index is 0.161. The number of aryl methyl sites for hydroxylation is 1. The molecule has 2 N–H and O–H groups in total. The molecule has 158 valence electrons. The summed E-state index contributed by atoms with van der Waals surface area (Å²) in [5.74, 6) is 0.161. The van der Waals surface area contributed by atoms with Gasteiger partial charge in [0.2, 0.25) is 0 Å². The summed E-state index contributed by atoms with van der Waals surface area (Å²) in [6, 6.07) is 8.50. The first-order chi connectivity index (χ1) is 15.1. The molecule has 0 spiro atoms. The SMILES string of the molecule is Cn1cc(-c2ccc(-c3cc4cnn(C5C[C@H]6COC[C@@H](C5)N6)c4nn3)c(O)c2)cn1. The Bertz CT molecular complexity index is 1250. The number of nitrogens with one attached hydrogen (secondary N) is 1. The van der Waals surface area contributed by atoms with Gasteiger partial charge in [-0.05, 0) is 36.6 Å². The van der Waals surface area contributed by atoms with E-state index in [9.17, 15) is 5.11 Å². The number of rotatable bonds is 3. The number of aromatic hydroxyl groups is 1. The van der Waals surface area contributed by atoms with Gasteiger partial charge in [0, 0.05) is 41.8 Å². The van der Waals surface area contributed by atoms with Gasteiger partial charge in [0.25, 0.3) is 0 Å². The van der Waals surface area contributed by atoms with Gasteiger partial charge >= 0.3 is 0 Å². The summed E-state index contributed by atoms with van der Waals surface area (Å²) >= 11 is 0. The van der Waals surface area contributed by atoms with Crippen molar-refractivity contribution in [2.75, 3.05) is 13.2 Å². The fraction of sp³-hybridized carbons (Fsp3) is 0.364. The Morgan fingerprint density at radius 1 is 1.03 bits per heavy atom. The van der Waals surface area contributed by atoms with Crippen LogP contribution in [0, 0.1) is 0 Å². The highest BCUT2D eigenvalue weighted by Crippen LogP contribution is 2.34. The minimum Gasteiger partial charge on any atom is -0.507 e. The molecule has 2 fully saturated rings. The molecule has 6 rings (SSSR count). The van der Waals surface area contributed by atoms with Gasteiger partial charge in [-0.25, -0.2) is 4.68 Å². The summed E-state index contributed by atoms with van der Waals surface area (Å²) in [6.07, 6.45) is 7.45. The molecule has 31 heavy (non-hydrogen) atoms. The molecule has 2 aliphatic rings. The van der Waals surface area contributed by atoms with Crippen molar-refractivity contribution in [1.82, 2.24) is 35.1 Å². The van der Waals surface area contributed by atoms with Crippen LogP contribution in [0.4, 0.5) is 0 Å². The molecule has 9 heteroatoms. The predicted molar refractivity (Wildman–Crippen MR) is 114 cm³/mol. The van der Waals surface area contributed by atoms with Gasteiger partial charge in [0.05, 0.1) is 37.3 Å². The summed E-state index contributed by atoms with van der Waals surface area (Å²) in [6.45, 7) is 1.49. The van der Waals surface area contributed by atoms with Crippen LogP contribution in [0.15, 0.2) is 42.9 Å². The van der Waals surface area contributed by atoms with Gasteiger partial charge in [-0.1, -0.05) is 6.07 Å². The van der Waals surface area contributed by atoms with Crippen molar-refractivity contribution in [2.45, 2.75) is 31.0 Å². The number of ether oxygens (including phenoxy) is 1. The normalized spacial score (nSPS) is 23.3. The van der Waals surface area contributed by atoms with Crippen LogP contribution in [-0.2, 0) is 11.8 Å². The summed E-state index contributed by atoms with van der Waals surface area (Å²) < 4.78 is 9.39.